The van der Waals surface area contributed by atoms with Crippen LogP contribution in [0.2, 0.25) is 0 Å². The Hall–Kier alpha value is -1.53. The number of alkyl halides is 2. The van der Waals surface area contributed by atoms with Gasteiger partial charge in [0.05, 0.1) is 0 Å². The third-order valence-corrected chi connectivity index (χ3v) is 1.15. The maximum absolute atomic E-state index is 11.7. The van der Waals surface area contributed by atoms with E-state index in [2.05, 4.69) is 9.99 Å². The zero-order valence-corrected chi connectivity index (χ0v) is 9.41. The first-order chi connectivity index (χ1) is 7.13. The molecular weight excluding hydrogens is 224 g/mol. The number of ether oxygens (including phenoxy) is 1. The molecule has 0 saturated heterocycles. The summed E-state index contributed by atoms with van der Waals surface area (Å²) in [7, 11) is 0. The molecule has 0 radical (unpaired) electrons. The second kappa shape index (κ2) is 5.53. The van der Waals surface area contributed by atoms with Gasteiger partial charge in [-0.05, 0) is 20.8 Å². The van der Waals surface area contributed by atoms with E-state index in [0.29, 0.717) is 0 Å². The highest BCUT2D eigenvalue weighted by molar-refractivity contribution is 6.63. The molecule has 0 spiro atoms. The molecule has 0 bridgehead atoms. The lowest BCUT2D eigenvalue weighted by atomic mass is 10.2. The molecule has 0 aliphatic rings. The van der Waals surface area contributed by atoms with Crippen molar-refractivity contribution >= 4 is 17.5 Å². The van der Waals surface area contributed by atoms with Crippen molar-refractivity contribution in [2.45, 2.75) is 39.9 Å². The molecule has 16 heavy (non-hydrogen) atoms. The lowest BCUT2D eigenvalue weighted by Gasteiger charge is -2.19. The maximum atomic E-state index is 11.7. The van der Waals surface area contributed by atoms with Crippen LogP contribution in [0.25, 0.3) is 0 Å². The summed E-state index contributed by atoms with van der Waals surface area (Å²) in [4.78, 5) is 25.8. The number of esters is 1. The van der Waals surface area contributed by atoms with Crippen molar-refractivity contribution in [3.8, 4) is 0 Å². The summed E-state index contributed by atoms with van der Waals surface area (Å²) in [5, 5.41) is 2.75. The van der Waals surface area contributed by atoms with Crippen molar-refractivity contribution in [1.29, 1.82) is 0 Å². The molecule has 0 heterocycles. The first kappa shape index (κ1) is 14.5. The number of halogens is 2. The number of carbonyl (C=O) groups excluding carboxylic acids is 2. The van der Waals surface area contributed by atoms with Gasteiger partial charge in [0.2, 0.25) is 5.71 Å². The van der Waals surface area contributed by atoms with Gasteiger partial charge in [0.1, 0.15) is 5.60 Å². The van der Waals surface area contributed by atoms with E-state index in [0.717, 1.165) is 6.92 Å². The molecule has 0 N–H and O–H groups in total. The monoisotopic (exact) mass is 237 g/mol. The van der Waals surface area contributed by atoms with Crippen LogP contribution < -0.4 is 0 Å². The number of hydrogen-bond acceptors (Lipinski definition) is 5. The Morgan fingerprint density at radius 3 is 2.06 bits per heavy atom. The number of Topliss-reactive ketones (excluding diaryl/α,β-unsaturated/α-hetero) is 1. The first-order valence-corrected chi connectivity index (χ1v) is 4.39. The Bertz CT molecular complexity index is 307. The molecule has 0 atom stereocenters. The van der Waals surface area contributed by atoms with Crippen LogP contribution in [-0.4, -0.2) is 29.7 Å². The number of ketones is 1. The number of rotatable bonds is 4. The fourth-order valence-corrected chi connectivity index (χ4v) is 0.664. The highest BCUT2D eigenvalue weighted by atomic mass is 19.3. The van der Waals surface area contributed by atoms with Crippen molar-refractivity contribution in [2.24, 2.45) is 5.16 Å². The molecule has 7 heteroatoms. The summed E-state index contributed by atoms with van der Waals surface area (Å²) in [6, 6.07) is 0. The van der Waals surface area contributed by atoms with Crippen LogP contribution in [0.1, 0.15) is 27.7 Å². The predicted molar refractivity (Wildman–Crippen MR) is 51.1 cm³/mol. The van der Waals surface area contributed by atoms with Crippen LogP contribution in [-0.2, 0) is 19.2 Å². The quantitative estimate of drug-likeness (QED) is 0.322. The molecule has 0 aliphatic carbocycles. The molecule has 92 valence electrons. The minimum absolute atomic E-state index is 0.796. The van der Waals surface area contributed by atoms with Gasteiger partial charge >= 0.3 is 12.6 Å². The largest absolute Gasteiger partial charge is 0.455 e. The van der Waals surface area contributed by atoms with E-state index < -0.39 is 29.7 Å². The normalized spacial score (nSPS) is 12.6. The average molecular weight is 237 g/mol. The van der Waals surface area contributed by atoms with Crippen molar-refractivity contribution in [1.82, 2.24) is 0 Å². The SMILES string of the molecule is CC(=O)C(=NOC(F)F)C(=O)OC(C)(C)C. The zero-order chi connectivity index (χ0) is 12.9. The zero-order valence-electron chi connectivity index (χ0n) is 9.41. The van der Waals surface area contributed by atoms with Gasteiger partial charge in [0, 0.05) is 6.92 Å². The number of oxime groups is 1. The summed E-state index contributed by atoms with van der Waals surface area (Å²) >= 11 is 0. The minimum Gasteiger partial charge on any atom is -0.455 e. The molecule has 0 aromatic carbocycles. The van der Waals surface area contributed by atoms with Crippen molar-refractivity contribution in [3.63, 3.8) is 0 Å². The van der Waals surface area contributed by atoms with Gasteiger partial charge in [-0.1, -0.05) is 5.16 Å². The van der Waals surface area contributed by atoms with Gasteiger partial charge in [-0.2, -0.15) is 8.78 Å². The van der Waals surface area contributed by atoms with E-state index in [1.807, 2.05) is 0 Å². The first-order valence-electron chi connectivity index (χ1n) is 4.39. The standard InChI is InChI=1S/C9H13F2NO4/c1-5(13)6(12-16-8(10)11)7(14)15-9(2,3)4/h8H,1-4H3. The van der Waals surface area contributed by atoms with Crippen LogP contribution >= 0.6 is 0 Å². The Labute approximate surface area is 91.4 Å². The summed E-state index contributed by atoms with van der Waals surface area (Å²) in [5.74, 6) is -1.91. The summed E-state index contributed by atoms with van der Waals surface area (Å²) in [6.07, 6.45) is 0. The van der Waals surface area contributed by atoms with Gasteiger partial charge in [-0.25, -0.2) is 4.79 Å². The minimum atomic E-state index is -3.20. The van der Waals surface area contributed by atoms with Gasteiger partial charge < -0.3 is 9.57 Å². The highest BCUT2D eigenvalue weighted by Crippen LogP contribution is 2.08. The number of hydrogen-bond donors (Lipinski definition) is 0. The molecule has 0 amide bonds. The molecule has 0 aliphatic heterocycles. The van der Waals surface area contributed by atoms with E-state index in [1.165, 1.54) is 0 Å². The van der Waals surface area contributed by atoms with Crippen LogP contribution in [0.15, 0.2) is 5.16 Å². The van der Waals surface area contributed by atoms with Crippen LogP contribution in [0, 0.1) is 0 Å². The molecule has 0 aromatic heterocycles. The second-order valence-electron chi connectivity index (χ2n) is 3.86. The lowest BCUT2D eigenvalue weighted by molar-refractivity contribution is -0.148. The average Bonchev–Trinajstić information content (AvgIpc) is 1.98. The summed E-state index contributed by atoms with van der Waals surface area (Å²) < 4.78 is 28.1. The van der Waals surface area contributed by atoms with Crippen molar-refractivity contribution in [3.05, 3.63) is 0 Å². The molecule has 0 saturated carbocycles. The van der Waals surface area contributed by atoms with E-state index in [4.69, 9.17) is 4.74 Å². The molecule has 0 unspecified atom stereocenters. The van der Waals surface area contributed by atoms with E-state index in [1.54, 1.807) is 20.8 Å². The van der Waals surface area contributed by atoms with Crippen LogP contribution in [0.5, 0.6) is 0 Å². The van der Waals surface area contributed by atoms with E-state index in [9.17, 15) is 18.4 Å². The third-order valence-electron chi connectivity index (χ3n) is 1.15. The Morgan fingerprint density at radius 2 is 1.75 bits per heavy atom. The Balaban J connectivity index is 4.74. The van der Waals surface area contributed by atoms with Gasteiger partial charge in [-0.15, -0.1) is 0 Å². The number of nitrogens with zero attached hydrogens (tertiary/aromatic N) is 1. The van der Waals surface area contributed by atoms with Crippen LogP contribution in [0.4, 0.5) is 8.78 Å². The third kappa shape index (κ3) is 6.05. The smallest absolute Gasteiger partial charge is 0.407 e. The molecule has 0 fully saturated rings. The van der Waals surface area contributed by atoms with Gasteiger partial charge in [0.15, 0.2) is 5.78 Å². The second-order valence-corrected chi connectivity index (χ2v) is 3.86. The lowest BCUT2D eigenvalue weighted by Crippen LogP contribution is -2.32. The van der Waals surface area contributed by atoms with Crippen molar-refractivity contribution in [2.75, 3.05) is 0 Å². The highest BCUT2D eigenvalue weighted by Gasteiger charge is 2.25. The number of carbonyl (C=O) groups is 2. The van der Waals surface area contributed by atoms with E-state index >= 15 is 0 Å². The Kier molecular flexibility index (Phi) is 5.00. The van der Waals surface area contributed by atoms with E-state index in [-0.39, 0.29) is 0 Å². The fraction of sp³-hybridized carbons (Fsp3) is 0.667. The summed E-state index contributed by atoms with van der Waals surface area (Å²) in [5.41, 5.74) is -1.65. The van der Waals surface area contributed by atoms with Gasteiger partial charge in [0.25, 0.3) is 0 Å². The Morgan fingerprint density at radius 1 is 1.25 bits per heavy atom. The van der Waals surface area contributed by atoms with Crippen molar-refractivity contribution < 1.29 is 27.9 Å². The maximum Gasteiger partial charge on any atom is 0.407 e. The van der Waals surface area contributed by atoms with Crippen LogP contribution in [0.3, 0.4) is 0 Å². The topological polar surface area (TPSA) is 65.0 Å². The molecule has 5 nitrogen and oxygen atoms in total. The molecule has 0 rings (SSSR count). The molecular formula is C9H13F2NO4. The van der Waals surface area contributed by atoms with Gasteiger partial charge in [-0.3, -0.25) is 4.79 Å². The fourth-order valence-electron chi connectivity index (χ4n) is 0.664. The predicted octanol–water partition coefficient (Wildman–Crippen LogP) is 1.51. The summed E-state index contributed by atoms with van der Waals surface area (Å²) in [6.45, 7) is 2.50. The molecule has 0 aromatic rings.